The Kier molecular flexibility index (Phi) is 3.84. The van der Waals surface area contributed by atoms with E-state index in [2.05, 4.69) is 0 Å². The van der Waals surface area contributed by atoms with Crippen molar-refractivity contribution in [2.24, 2.45) is 0 Å². The van der Waals surface area contributed by atoms with Crippen LogP contribution in [0.2, 0.25) is 0 Å². The molecular formula is C12H15NO2. The van der Waals surface area contributed by atoms with Crippen molar-refractivity contribution in [1.29, 1.82) is 5.26 Å². The molecule has 0 aliphatic rings. The van der Waals surface area contributed by atoms with Crippen LogP contribution in [-0.4, -0.2) is 16.3 Å². The highest BCUT2D eigenvalue weighted by atomic mass is 16.3. The Morgan fingerprint density at radius 2 is 1.80 bits per heavy atom. The fourth-order valence-electron chi connectivity index (χ4n) is 1.69. The van der Waals surface area contributed by atoms with Crippen LogP contribution in [0.25, 0.3) is 0 Å². The maximum Gasteiger partial charge on any atom is 0.106 e. The van der Waals surface area contributed by atoms with Gasteiger partial charge in [-0.2, -0.15) is 5.26 Å². The van der Waals surface area contributed by atoms with Gasteiger partial charge < -0.3 is 10.2 Å². The molecule has 0 spiro atoms. The van der Waals surface area contributed by atoms with Gasteiger partial charge in [-0.25, -0.2) is 0 Å². The summed E-state index contributed by atoms with van der Waals surface area (Å²) in [7, 11) is 0. The van der Waals surface area contributed by atoms with Crippen molar-refractivity contribution < 1.29 is 10.2 Å². The normalized spacial score (nSPS) is 14.3. The van der Waals surface area contributed by atoms with E-state index in [-0.39, 0.29) is 6.42 Å². The Morgan fingerprint density at radius 3 is 2.27 bits per heavy atom. The van der Waals surface area contributed by atoms with Gasteiger partial charge in [-0.3, -0.25) is 0 Å². The molecule has 15 heavy (non-hydrogen) atoms. The molecule has 1 rings (SSSR count). The average molecular weight is 205 g/mol. The van der Waals surface area contributed by atoms with E-state index < -0.39 is 12.2 Å². The summed E-state index contributed by atoms with van der Waals surface area (Å²) >= 11 is 0. The summed E-state index contributed by atoms with van der Waals surface area (Å²) < 4.78 is 0. The van der Waals surface area contributed by atoms with Crippen LogP contribution in [0.3, 0.4) is 0 Å². The zero-order chi connectivity index (χ0) is 11.4. The number of hydrogen-bond acceptors (Lipinski definition) is 3. The van der Waals surface area contributed by atoms with Crippen LogP contribution in [0.4, 0.5) is 0 Å². The fraction of sp³-hybridized carbons (Fsp3) is 0.417. The summed E-state index contributed by atoms with van der Waals surface area (Å²) in [6.45, 7) is 3.76. The van der Waals surface area contributed by atoms with Gasteiger partial charge in [0.25, 0.3) is 0 Å². The van der Waals surface area contributed by atoms with Gasteiger partial charge in [0, 0.05) is 0 Å². The number of aliphatic hydroxyl groups excluding tert-OH is 2. The molecule has 1 aromatic carbocycles. The summed E-state index contributed by atoms with van der Waals surface area (Å²) in [6.07, 6.45) is -2.06. The van der Waals surface area contributed by atoms with Crippen molar-refractivity contribution in [2.75, 3.05) is 0 Å². The van der Waals surface area contributed by atoms with E-state index in [1.54, 1.807) is 0 Å². The molecule has 0 radical (unpaired) electrons. The summed E-state index contributed by atoms with van der Waals surface area (Å²) in [5.74, 6) is 0. The van der Waals surface area contributed by atoms with Gasteiger partial charge in [0.1, 0.15) is 6.10 Å². The highest BCUT2D eigenvalue weighted by Gasteiger charge is 2.21. The molecule has 2 unspecified atom stereocenters. The van der Waals surface area contributed by atoms with Crippen LogP contribution in [0.15, 0.2) is 18.2 Å². The van der Waals surface area contributed by atoms with Gasteiger partial charge in [-0.05, 0) is 30.5 Å². The number of aliphatic hydroxyl groups is 2. The lowest BCUT2D eigenvalue weighted by Crippen LogP contribution is -2.19. The fourth-order valence-corrected chi connectivity index (χ4v) is 1.69. The van der Waals surface area contributed by atoms with Crippen LogP contribution in [-0.2, 0) is 0 Å². The molecule has 0 bridgehead atoms. The number of benzene rings is 1. The Bertz CT molecular complexity index is 361. The van der Waals surface area contributed by atoms with Gasteiger partial charge in [-0.15, -0.1) is 0 Å². The molecule has 0 aromatic heterocycles. The number of nitrogens with zero attached hydrogens (tertiary/aromatic N) is 1. The van der Waals surface area contributed by atoms with Crippen LogP contribution >= 0.6 is 0 Å². The summed E-state index contributed by atoms with van der Waals surface area (Å²) in [5.41, 5.74) is 2.58. The largest absolute Gasteiger partial charge is 0.389 e. The average Bonchev–Trinajstić information content (AvgIpc) is 2.17. The summed E-state index contributed by atoms with van der Waals surface area (Å²) in [5, 5.41) is 27.9. The lowest BCUT2D eigenvalue weighted by Gasteiger charge is -2.19. The van der Waals surface area contributed by atoms with Crippen molar-refractivity contribution >= 4 is 0 Å². The molecule has 0 amide bonds. The van der Waals surface area contributed by atoms with E-state index in [4.69, 9.17) is 5.26 Å². The third-order valence-electron chi connectivity index (χ3n) is 2.50. The standard InChI is InChI=1S/C12H15NO2/c1-8-4-3-5-9(2)11(8)12(15)10(14)6-7-13/h3-5,10,12,14-15H,6H2,1-2H3. The Labute approximate surface area is 89.6 Å². The second-order valence-corrected chi connectivity index (χ2v) is 3.68. The van der Waals surface area contributed by atoms with Gasteiger partial charge in [0.2, 0.25) is 0 Å². The zero-order valence-electron chi connectivity index (χ0n) is 8.94. The third kappa shape index (κ3) is 2.56. The van der Waals surface area contributed by atoms with Crippen molar-refractivity contribution in [1.82, 2.24) is 0 Å². The minimum absolute atomic E-state index is 0.0606. The van der Waals surface area contributed by atoms with E-state index >= 15 is 0 Å². The smallest absolute Gasteiger partial charge is 0.106 e. The van der Waals surface area contributed by atoms with E-state index in [0.29, 0.717) is 0 Å². The van der Waals surface area contributed by atoms with Crippen molar-refractivity contribution in [2.45, 2.75) is 32.5 Å². The number of aryl methyl sites for hydroxylation is 2. The highest BCUT2D eigenvalue weighted by Crippen LogP contribution is 2.25. The molecule has 3 heteroatoms. The lowest BCUT2D eigenvalue weighted by molar-refractivity contribution is 0.0209. The molecule has 0 heterocycles. The van der Waals surface area contributed by atoms with Crippen LogP contribution in [0, 0.1) is 25.2 Å². The van der Waals surface area contributed by atoms with Crippen molar-refractivity contribution in [3.63, 3.8) is 0 Å². The maximum atomic E-state index is 9.88. The first-order valence-electron chi connectivity index (χ1n) is 4.87. The van der Waals surface area contributed by atoms with Gasteiger partial charge in [0.15, 0.2) is 0 Å². The van der Waals surface area contributed by atoms with Crippen LogP contribution in [0.5, 0.6) is 0 Å². The molecule has 0 saturated carbocycles. The molecule has 3 nitrogen and oxygen atoms in total. The van der Waals surface area contributed by atoms with E-state index in [1.807, 2.05) is 38.1 Å². The molecule has 0 saturated heterocycles. The molecule has 0 fully saturated rings. The molecule has 1 aromatic rings. The minimum atomic E-state index is -1.02. The first-order valence-corrected chi connectivity index (χ1v) is 4.87. The molecule has 2 N–H and O–H groups in total. The van der Waals surface area contributed by atoms with E-state index in [0.717, 1.165) is 16.7 Å². The molecule has 2 atom stereocenters. The topological polar surface area (TPSA) is 64.2 Å². The Morgan fingerprint density at radius 1 is 1.27 bits per heavy atom. The molecular weight excluding hydrogens is 190 g/mol. The summed E-state index contributed by atoms with van der Waals surface area (Å²) in [4.78, 5) is 0. The van der Waals surface area contributed by atoms with Crippen molar-refractivity contribution in [3.05, 3.63) is 34.9 Å². The first-order chi connectivity index (χ1) is 7.07. The highest BCUT2D eigenvalue weighted by molar-refractivity contribution is 5.35. The third-order valence-corrected chi connectivity index (χ3v) is 2.50. The van der Waals surface area contributed by atoms with E-state index in [1.165, 1.54) is 0 Å². The zero-order valence-corrected chi connectivity index (χ0v) is 8.94. The van der Waals surface area contributed by atoms with Crippen LogP contribution in [0.1, 0.15) is 29.2 Å². The van der Waals surface area contributed by atoms with Crippen molar-refractivity contribution in [3.8, 4) is 6.07 Å². The Hall–Kier alpha value is -1.37. The SMILES string of the molecule is Cc1cccc(C)c1C(O)C(O)CC#N. The first kappa shape index (κ1) is 11.7. The molecule has 80 valence electrons. The van der Waals surface area contributed by atoms with Crippen LogP contribution < -0.4 is 0 Å². The Balaban J connectivity index is 3.01. The minimum Gasteiger partial charge on any atom is -0.389 e. The summed E-state index contributed by atoms with van der Waals surface area (Å²) in [6, 6.07) is 7.51. The van der Waals surface area contributed by atoms with Gasteiger partial charge >= 0.3 is 0 Å². The second-order valence-electron chi connectivity index (χ2n) is 3.68. The van der Waals surface area contributed by atoms with Gasteiger partial charge in [-0.1, -0.05) is 18.2 Å². The van der Waals surface area contributed by atoms with Gasteiger partial charge in [0.05, 0.1) is 18.6 Å². The van der Waals surface area contributed by atoms with E-state index in [9.17, 15) is 10.2 Å². The monoisotopic (exact) mass is 205 g/mol. The molecule has 0 aliphatic heterocycles. The molecule has 0 aliphatic carbocycles. The predicted molar refractivity (Wildman–Crippen MR) is 57.1 cm³/mol. The second kappa shape index (κ2) is 4.92. The number of rotatable bonds is 3. The number of hydrogen-bond donors (Lipinski definition) is 2. The predicted octanol–water partition coefficient (Wildman–Crippen LogP) is 1.61. The quantitative estimate of drug-likeness (QED) is 0.788. The maximum absolute atomic E-state index is 9.88. The lowest BCUT2D eigenvalue weighted by atomic mass is 9.94. The number of nitriles is 1.